The number of carbonyl (C=O) groups excluding carboxylic acids is 1. The molecule has 1 atom stereocenters. The number of anilines is 1. The number of nitrogen functional groups attached to an aromatic ring is 1. The summed E-state index contributed by atoms with van der Waals surface area (Å²) in [4.78, 5) is 47.2. The van der Waals surface area contributed by atoms with Crippen LogP contribution < -0.4 is 11.4 Å². The van der Waals surface area contributed by atoms with Crippen molar-refractivity contribution < 1.29 is 29.0 Å². The van der Waals surface area contributed by atoms with E-state index >= 15 is 0 Å². The minimum absolute atomic E-state index is 0.0471. The van der Waals surface area contributed by atoms with Gasteiger partial charge in [0.15, 0.2) is 5.34 Å². The SMILES string of the molecule is CC(C)C(O[C@H](CO)CC(=O)n1ccc(N)nc1=O)(C(C)C)P(=O)(O)O. The molecule has 26 heavy (non-hydrogen) atoms. The molecule has 10 nitrogen and oxygen atoms in total. The van der Waals surface area contributed by atoms with Gasteiger partial charge in [0.2, 0.25) is 5.91 Å². The average molecular weight is 391 g/mol. The summed E-state index contributed by atoms with van der Waals surface area (Å²) in [6.45, 7) is 5.69. The number of ether oxygens (including phenoxy) is 1. The highest BCUT2D eigenvalue weighted by molar-refractivity contribution is 7.53. The largest absolute Gasteiger partial charge is 0.394 e. The van der Waals surface area contributed by atoms with Crippen LogP contribution in [0.1, 0.15) is 38.9 Å². The van der Waals surface area contributed by atoms with E-state index in [4.69, 9.17) is 10.5 Å². The molecule has 1 aromatic rings. The van der Waals surface area contributed by atoms with Crippen molar-refractivity contribution in [3.8, 4) is 0 Å². The van der Waals surface area contributed by atoms with Gasteiger partial charge in [-0.15, -0.1) is 0 Å². The number of nitrogens with zero attached hydrogens (tertiary/aromatic N) is 2. The van der Waals surface area contributed by atoms with Crippen LogP contribution in [0.15, 0.2) is 17.1 Å². The molecule has 0 saturated carbocycles. The zero-order valence-corrected chi connectivity index (χ0v) is 16.1. The van der Waals surface area contributed by atoms with Gasteiger partial charge in [0, 0.05) is 6.20 Å². The predicted molar refractivity (Wildman–Crippen MR) is 94.6 cm³/mol. The van der Waals surface area contributed by atoms with Crippen molar-refractivity contribution in [2.45, 2.75) is 45.6 Å². The molecule has 1 aromatic heterocycles. The number of aliphatic hydroxyl groups is 1. The number of hydrogen-bond acceptors (Lipinski definition) is 7. The second-order valence-corrected chi connectivity index (χ2v) is 8.42. The van der Waals surface area contributed by atoms with E-state index in [9.17, 15) is 29.0 Å². The molecule has 0 spiro atoms. The van der Waals surface area contributed by atoms with Gasteiger partial charge in [0.1, 0.15) is 5.82 Å². The molecule has 11 heteroatoms. The molecule has 0 radical (unpaired) electrons. The Morgan fingerprint density at radius 3 is 2.27 bits per heavy atom. The topological polar surface area (TPSA) is 165 Å². The molecule has 0 aliphatic carbocycles. The molecule has 1 rings (SSSR count). The summed E-state index contributed by atoms with van der Waals surface area (Å²) in [6.07, 6.45) is -0.546. The maximum absolute atomic E-state index is 12.3. The predicted octanol–water partition coefficient (Wildman–Crippen LogP) is 0.419. The molecule has 0 unspecified atom stereocenters. The van der Waals surface area contributed by atoms with Gasteiger partial charge in [0.05, 0.1) is 19.1 Å². The standard InChI is InChI=1S/C15H26N3O7P/c1-9(2)15(10(3)4,26(22,23)24)25-11(8-19)7-13(20)18-6-5-12(16)17-14(18)21/h5-6,9-11,19H,7-8H2,1-4H3,(H2,16,17,21)(H2,22,23,24)/t11-/m0/s1. The van der Waals surface area contributed by atoms with Crippen LogP contribution in [-0.4, -0.2) is 48.4 Å². The number of hydrogen-bond donors (Lipinski definition) is 4. The van der Waals surface area contributed by atoms with Gasteiger partial charge in [0.25, 0.3) is 0 Å². The summed E-state index contributed by atoms with van der Waals surface area (Å²) in [7, 11) is -4.76. The Balaban J connectivity index is 3.15. The van der Waals surface area contributed by atoms with Crippen molar-refractivity contribution in [2.75, 3.05) is 12.3 Å². The number of carbonyl (C=O) groups is 1. The van der Waals surface area contributed by atoms with E-state index in [-0.39, 0.29) is 5.82 Å². The normalized spacial score (nSPS) is 14.0. The van der Waals surface area contributed by atoms with E-state index in [0.717, 1.165) is 6.20 Å². The van der Waals surface area contributed by atoms with Crippen LogP contribution in [0.2, 0.25) is 0 Å². The molecule has 0 aliphatic rings. The van der Waals surface area contributed by atoms with E-state index in [2.05, 4.69) is 4.98 Å². The van der Waals surface area contributed by atoms with Gasteiger partial charge in [-0.05, 0) is 17.9 Å². The summed E-state index contributed by atoms with van der Waals surface area (Å²) in [5.74, 6) is -2.00. The zero-order chi connectivity index (χ0) is 20.3. The van der Waals surface area contributed by atoms with Crippen LogP contribution in [0.25, 0.3) is 0 Å². The third kappa shape index (κ3) is 4.57. The fourth-order valence-electron chi connectivity index (χ4n) is 2.99. The van der Waals surface area contributed by atoms with E-state index in [1.807, 2.05) is 0 Å². The lowest BCUT2D eigenvalue weighted by molar-refractivity contribution is -0.118. The van der Waals surface area contributed by atoms with Crippen LogP contribution in [-0.2, 0) is 9.30 Å². The van der Waals surface area contributed by atoms with Crippen LogP contribution in [0, 0.1) is 11.8 Å². The van der Waals surface area contributed by atoms with Crippen LogP contribution in [0.5, 0.6) is 0 Å². The Bertz CT molecular complexity index is 733. The van der Waals surface area contributed by atoms with Crippen molar-refractivity contribution in [1.82, 2.24) is 9.55 Å². The highest BCUT2D eigenvalue weighted by Gasteiger charge is 2.54. The van der Waals surface area contributed by atoms with Gasteiger partial charge >= 0.3 is 13.3 Å². The lowest BCUT2D eigenvalue weighted by atomic mass is 9.94. The summed E-state index contributed by atoms with van der Waals surface area (Å²) in [5, 5.41) is 7.69. The summed E-state index contributed by atoms with van der Waals surface area (Å²) in [6, 6.07) is 1.26. The molecule has 0 amide bonds. The van der Waals surface area contributed by atoms with Crippen LogP contribution >= 0.6 is 7.60 Å². The van der Waals surface area contributed by atoms with Gasteiger partial charge in [-0.3, -0.25) is 9.36 Å². The Morgan fingerprint density at radius 1 is 1.35 bits per heavy atom. The molecule has 0 aliphatic heterocycles. The van der Waals surface area contributed by atoms with Crippen molar-refractivity contribution in [3.05, 3.63) is 22.7 Å². The molecule has 5 N–H and O–H groups in total. The highest BCUT2D eigenvalue weighted by atomic mass is 31.2. The maximum Gasteiger partial charge on any atom is 0.357 e. The van der Waals surface area contributed by atoms with Crippen molar-refractivity contribution in [2.24, 2.45) is 11.8 Å². The summed E-state index contributed by atoms with van der Waals surface area (Å²) >= 11 is 0. The second-order valence-electron chi connectivity index (χ2n) is 6.63. The Morgan fingerprint density at radius 2 is 1.88 bits per heavy atom. The molecule has 1 heterocycles. The summed E-state index contributed by atoms with van der Waals surface area (Å²) < 4.78 is 18.5. The maximum atomic E-state index is 12.3. The smallest absolute Gasteiger partial charge is 0.357 e. The van der Waals surface area contributed by atoms with Crippen LogP contribution in [0.3, 0.4) is 0 Å². The Labute approximate surface area is 151 Å². The van der Waals surface area contributed by atoms with Crippen molar-refractivity contribution in [3.63, 3.8) is 0 Å². The number of nitrogens with two attached hydrogens (primary N) is 1. The molecule has 148 valence electrons. The molecular weight excluding hydrogens is 365 g/mol. The lowest BCUT2D eigenvalue weighted by Crippen LogP contribution is -2.47. The quantitative estimate of drug-likeness (QED) is 0.459. The van der Waals surface area contributed by atoms with E-state index in [0.29, 0.717) is 4.57 Å². The first-order valence-electron chi connectivity index (χ1n) is 8.09. The lowest BCUT2D eigenvalue weighted by Gasteiger charge is -2.43. The minimum Gasteiger partial charge on any atom is -0.394 e. The molecule has 0 bridgehead atoms. The zero-order valence-electron chi connectivity index (χ0n) is 15.2. The first-order chi connectivity index (χ1) is 11.9. The van der Waals surface area contributed by atoms with Gasteiger partial charge < -0.3 is 25.4 Å². The molecule has 0 fully saturated rings. The van der Waals surface area contributed by atoms with Crippen LogP contribution in [0.4, 0.5) is 5.82 Å². The van der Waals surface area contributed by atoms with E-state index in [1.165, 1.54) is 6.07 Å². The summed E-state index contributed by atoms with van der Waals surface area (Å²) in [5.41, 5.74) is 4.48. The second kappa shape index (κ2) is 8.41. The first kappa shape index (κ1) is 22.5. The van der Waals surface area contributed by atoms with Crippen molar-refractivity contribution in [1.29, 1.82) is 0 Å². The minimum atomic E-state index is -4.76. The van der Waals surface area contributed by atoms with Gasteiger partial charge in [-0.25, -0.2) is 9.36 Å². The highest BCUT2D eigenvalue weighted by Crippen LogP contribution is 2.59. The molecule has 0 saturated heterocycles. The van der Waals surface area contributed by atoms with Gasteiger partial charge in [-0.1, -0.05) is 27.7 Å². The number of rotatable bonds is 8. The Hall–Kier alpha value is -1.58. The van der Waals surface area contributed by atoms with Crippen molar-refractivity contribution >= 4 is 19.3 Å². The average Bonchev–Trinajstić information content (AvgIpc) is 2.48. The number of aromatic nitrogens is 2. The van der Waals surface area contributed by atoms with Gasteiger partial charge in [-0.2, -0.15) is 4.98 Å². The Kier molecular flexibility index (Phi) is 7.26. The molecule has 0 aromatic carbocycles. The van der Waals surface area contributed by atoms with E-state index < -0.39 is 55.5 Å². The fourth-order valence-corrected chi connectivity index (χ4v) is 4.62. The molecular formula is C15H26N3O7P. The first-order valence-corrected chi connectivity index (χ1v) is 9.70. The third-order valence-electron chi connectivity index (χ3n) is 4.17. The third-order valence-corrected chi connectivity index (χ3v) is 6.21. The monoisotopic (exact) mass is 391 g/mol. The number of aliphatic hydroxyl groups excluding tert-OH is 1. The van der Waals surface area contributed by atoms with E-state index in [1.54, 1.807) is 27.7 Å². The fraction of sp³-hybridized carbons (Fsp3) is 0.667.